The summed E-state index contributed by atoms with van der Waals surface area (Å²) in [5.74, 6) is -0.251. The van der Waals surface area contributed by atoms with Crippen LogP contribution in [0.5, 0.6) is 0 Å². The molecule has 5 nitrogen and oxygen atoms in total. The molecule has 0 spiro atoms. The predicted molar refractivity (Wildman–Crippen MR) is 108 cm³/mol. The molecule has 1 N–H and O–H groups in total. The third kappa shape index (κ3) is 3.84. The zero-order chi connectivity index (χ0) is 18.9. The van der Waals surface area contributed by atoms with Gasteiger partial charge in [0, 0.05) is 23.3 Å². The third-order valence-electron chi connectivity index (χ3n) is 4.54. The summed E-state index contributed by atoms with van der Waals surface area (Å²) in [5, 5.41) is 6.34. The molecule has 0 saturated heterocycles. The summed E-state index contributed by atoms with van der Waals surface area (Å²) < 4.78 is 27.5. The number of hydrogen-bond donors (Lipinski definition) is 1. The fourth-order valence-corrected chi connectivity index (χ4v) is 6.31. The summed E-state index contributed by atoms with van der Waals surface area (Å²) in [6.07, 6.45) is 0.702. The number of carbonyl (C=O) groups is 1. The van der Waals surface area contributed by atoms with Crippen LogP contribution in [0.1, 0.15) is 25.7 Å². The molecule has 3 aromatic rings. The molecular weight excluding hydrogens is 400 g/mol. The number of amides is 1. The molecule has 2 aromatic heterocycles. The third-order valence-corrected chi connectivity index (χ3v) is 8.31. The van der Waals surface area contributed by atoms with Crippen molar-refractivity contribution in [1.82, 2.24) is 9.62 Å². The van der Waals surface area contributed by atoms with Crippen molar-refractivity contribution < 1.29 is 13.2 Å². The van der Waals surface area contributed by atoms with E-state index in [2.05, 4.69) is 5.32 Å². The van der Waals surface area contributed by atoms with Crippen LogP contribution >= 0.6 is 22.7 Å². The average Bonchev–Trinajstić information content (AvgIpc) is 3.38. The molecule has 8 heteroatoms. The molecule has 0 aliphatic carbocycles. The number of thiophene rings is 2. The van der Waals surface area contributed by atoms with Gasteiger partial charge in [0.15, 0.2) is 0 Å². The Morgan fingerprint density at radius 3 is 2.70 bits per heavy atom. The standard InChI is InChI=1S/C19H18N2O3S3/c22-19(20-11-16-6-3-9-25-16)18-10-17(13-26-18)27(23,24)21-8-7-14-4-1-2-5-15(14)12-21/h1-6,9-10,13H,7-8,11-12H2,(H,20,22). The van der Waals surface area contributed by atoms with Gasteiger partial charge in [0.1, 0.15) is 0 Å². The van der Waals surface area contributed by atoms with Gasteiger partial charge in [-0.05, 0) is 35.1 Å². The highest BCUT2D eigenvalue weighted by atomic mass is 32.2. The number of nitrogens with zero attached hydrogens (tertiary/aromatic N) is 1. The molecule has 0 unspecified atom stereocenters. The van der Waals surface area contributed by atoms with Crippen molar-refractivity contribution >= 4 is 38.6 Å². The molecule has 0 atom stereocenters. The van der Waals surface area contributed by atoms with E-state index in [4.69, 9.17) is 0 Å². The van der Waals surface area contributed by atoms with Gasteiger partial charge >= 0.3 is 0 Å². The van der Waals surface area contributed by atoms with E-state index in [1.54, 1.807) is 16.7 Å². The Kier molecular flexibility index (Phi) is 5.14. The maximum absolute atomic E-state index is 13.0. The van der Waals surface area contributed by atoms with Crippen LogP contribution < -0.4 is 5.32 Å². The van der Waals surface area contributed by atoms with Crippen molar-refractivity contribution in [3.8, 4) is 0 Å². The number of carbonyl (C=O) groups excluding carboxylic acids is 1. The molecule has 0 bridgehead atoms. The van der Waals surface area contributed by atoms with Crippen LogP contribution in [-0.2, 0) is 29.5 Å². The number of benzene rings is 1. The molecule has 1 aromatic carbocycles. The highest BCUT2D eigenvalue weighted by Crippen LogP contribution is 2.27. The average molecular weight is 419 g/mol. The Hall–Kier alpha value is -2.00. The van der Waals surface area contributed by atoms with E-state index in [1.165, 1.54) is 15.9 Å². The second-order valence-corrected chi connectivity index (χ2v) is 10.1. The van der Waals surface area contributed by atoms with Gasteiger partial charge in [0.05, 0.1) is 16.3 Å². The van der Waals surface area contributed by atoms with Crippen molar-refractivity contribution in [2.24, 2.45) is 0 Å². The van der Waals surface area contributed by atoms with Crippen molar-refractivity contribution in [3.63, 3.8) is 0 Å². The second-order valence-electron chi connectivity index (χ2n) is 6.27. The van der Waals surface area contributed by atoms with Crippen LogP contribution in [0.15, 0.2) is 58.1 Å². The van der Waals surface area contributed by atoms with Gasteiger partial charge in [-0.2, -0.15) is 4.31 Å². The topological polar surface area (TPSA) is 66.5 Å². The lowest BCUT2D eigenvalue weighted by Gasteiger charge is -2.27. The lowest BCUT2D eigenvalue weighted by atomic mass is 10.0. The largest absolute Gasteiger partial charge is 0.346 e. The minimum atomic E-state index is -3.61. The summed E-state index contributed by atoms with van der Waals surface area (Å²) in [5.41, 5.74) is 2.24. The fourth-order valence-electron chi connectivity index (χ4n) is 3.06. The molecule has 1 amide bonds. The minimum Gasteiger partial charge on any atom is -0.346 e. The van der Waals surface area contributed by atoms with Crippen LogP contribution in [0.25, 0.3) is 0 Å². The summed E-state index contributed by atoms with van der Waals surface area (Å²) in [6.45, 7) is 1.27. The molecule has 0 saturated carbocycles. The normalized spacial score (nSPS) is 14.7. The summed E-state index contributed by atoms with van der Waals surface area (Å²) >= 11 is 2.73. The lowest BCUT2D eigenvalue weighted by molar-refractivity contribution is 0.0955. The maximum atomic E-state index is 13.0. The molecule has 0 fully saturated rings. The molecule has 1 aliphatic rings. The molecule has 0 radical (unpaired) electrons. The number of sulfonamides is 1. The Bertz CT molecular complexity index is 1060. The summed E-state index contributed by atoms with van der Waals surface area (Å²) in [4.78, 5) is 14.0. The number of fused-ring (bicyclic) bond motifs is 1. The highest BCUT2D eigenvalue weighted by molar-refractivity contribution is 7.89. The van der Waals surface area contributed by atoms with Crippen LogP contribution in [-0.4, -0.2) is 25.2 Å². The van der Waals surface area contributed by atoms with Crippen LogP contribution in [0.2, 0.25) is 0 Å². The van der Waals surface area contributed by atoms with Crippen molar-refractivity contribution in [2.45, 2.75) is 24.4 Å². The van der Waals surface area contributed by atoms with E-state index in [0.29, 0.717) is 30.9 Å². The second kappa shape index (κ2) is 7.55. The first-order chi connectivity index (χ1) is 13.0. The predicted octanol–water partition coefficient (Wildman–Crippen LogP) is 3.49. The monoisotopic (exact) mass is 418 g/mol. The van der Waals surface area contributed by atoms with Crippen molar-refractivity contribution in [3.05, 3.63) is 74.1 Å². The minimum absolute atomic E-state index is 0.188. The summed E-state index contributed by atoms with van der Waals surface area (Å²) in [7, 11) is -3.61. The number of nitrogens with one attached hydrogen (secondary N) is 1. The van der Waals surface area contributed by atoms with Crippen LogP contribution in [0, 0.1) is 0 Å². The Morgan fingerprint density at radius 1 is 1.11 bits per heavy atom. The van der Waals surface area contributed by atoms with E-state index in [9.17, 15) is 13.2 Å². The first-order valence-electron chi connectivity index (χ1n) is 8.50. The molecule has 3 heterocycles. The number of hydrogen-bond acceptors (Lipinski definition) is 5. The zero-order valence-corrected chi connectivity index (χ0v) is 16.9. The van der Waals surface area contributed by atoms with E-state index < -0.39 is 10.0 Å². The van der Waals surface area contributed by atoms with Gasteiger partial charge in [0.25, 0.3) is 5.91 Å². The van der Waals surface area contributed by atoms with E-state index >= 15 is 0 Å². The molecular formula is C19H18N2O3S3. The Morgan fingerprint density at radius 2 is 1.93 bits per heavy atom. The van der Waals surface area contributed by atoms with Gasteiger partial charge in [0.2, 0.25) is 10.0 Å². The van der Waals surface area contributed by atoms with Gasteiger partial charge < -0.3 is 5.32 Å². The van der Waals surface area contributed by atoms with E-state index in [1.807, 2.05) is 41.8 Å². The van der Waals surface area contributed by atoms with Crippen molar-refractivity contribution in [1.29, 1.82) is 0 Å². The van der Waals surface area contributed by atoms with Crippen molar-refractivity contribution in [2.75, 3.05) is 6.54 Å². The molecule has 1 aliphatic heterocycles. The maximum Gasteiger partial charge on any atom is 0.261 e. The summed E-state index contributed by atoms with van der Waals surface area (Å²) in [6, 6.07) is 13.3. The van der Waals surface area contributed by atoms with Crippen LogP contribution in [0.4, 0.5) is 0 Å². The van der Waals surface area contributed by atoms with Gasteiger partial charge in [-0.15, -0.1) is 22.7 Å². The SMILES string of the molecule is O=C(NCc1cccs1)c1cc(S(=O)(=O)N2CCc3ccccc3C2)cs1. The van der Waals surface area contributed by atoms with E-state index in [0.717, 1.165) is 21.8 Å². The van der Waals surface area contributed by atoms with Gasteiger partial charge in [-0.25, -0.2) is 8.42 Å². The smallest absolute Gasteiger partial charge is 0.261 e. The molecule has 140 valence electrons. The molecule has 4 rings (SSSR count). The Balaban J connectivity index is 1.48. The van der Waals surface area contributed by atoms with E-state index in [-0.39, 0.29) is 10.8 Å². The number of rotatable bonds is 5. The molecule has 27 heavy (non-hydrogen) atoms. The van der Waals surface area contributed by atoms with Gasteiger partial charge in [-0.1, -0.05) is 30.3 Å². The first-order valence-corrected chi connectivity index (χ1v) is 11.7. The lowest BCUT2D eigenvalue weighted by Crippen LogP contribution is -2.35. The van der Waals surface area contributed by atoms with Gasteiger partial charge in [-0.3, -0.25) is 4.79 Å². The fraction of sp³-hybridized carbons (Fsp3) is 0.211. The quantitative estimate of drug-likeness (QED) is 0.690. The Labute approximate surface area is 166 Å². The zero-order valence-electron chi connectivity index (χ0n) is 14.4. The highest BCUT2D eigenvalue weighted by Gasteiger charge is 2.29. The van der Waals surface area contributed by atoms with Crippen LogP contribution in [0.3, 0.4) is 0 Å². The first kappa shape index (κ1) is 18.4.